The van der Waals surface area contributed by atoms with E-state index in [1.807, 2.05) is 6.08 Å². The molecule has 0 saturated heterocycles. The molecule has 0 spiro atoms. The van der Waals surface area contributed by atoms with Crippen molar-refractivity contribution in [2.75, 3.05) is 0 Å². The molecule has 0 fully saturated rings. The number of ether oxygens (including phenoxy) is 2. The Bertz CT molecular complexity index is 395. The van der Waals surface area contributed by atoms with Crippen LogP contribution < -0.4 is 5.32 Å². The van der Waals surface area contributed by atoms with Crippen molar-refractivity contribution in [2.45, 2.75) is 38.8 Å². The molecule has 0 radical (unpaired) electrons. The van der Waals surface area contributed by atoms with Gasteiger partial charge in [-0.05, 0) is 49.2 Å². The van der Waals surface area contributed by atoms with Gasteiger partial charge in [0.05, 0.1) is 10.5 Å². The zero-order chi connectivity index (χ0) is 13.8. The van der Waals surface area contributed by atoms with Crippen molar-refractivity contribution < 1.29 is 19.1 Å². The second kappa shape index (κ2) is 6.04. The maximum absolute atomic E-state index is 11.6. The summed E-state index contributed by atoms with van der Waals surface area (Å²) in [5, 5.41) is 2.69. The molecule has 1 aliphatic carbocycles. The fraction of sp³-hybridized carbons (Fsp3) is 0.500. The number of nitrogens with one attached hydrogen (secondary N) is 1. The Morgan fingerprint density at radius 2 is 2.22 bits per heavy atom. The second-order valence-electron chi connectivity index (χ2n) is 4.79. The molecule has 0 bridgehead atoms. The third-order valence-electron chi connectivity index (χ3n) is 2.02. The lowest BCUT2D eigenvalue weighted by molar-refractivity contribution is -0.124. The standard InChI is InChI=1S/C12H16BrNO4/c1-12(2,3)18-11(16)14-8-4-5-9(13)10(6-8)17-7-15/h5-8H,4H2,1-3H3,(H,14,16). The van der Waals surface area contributed by atoms with Crippen molar-refractivity contribution in [3.8, 4) is 0 Å². The smallest absolute Gasteiger partial charge is 0.408 e. The van der Waals surface area contributed by atoms with Crippen LogP contribution in [0.5, 0.6) is 0 Å². The molecule has 1 N–H and O–H groups in total. The van der Waals surface area contributed by atoms with Crippen molar-refractivity contribution in [2.24, 2.45) is 0 Å². The maximum atomic E-state index is 11.6. The van der Waals surface area contributed by atoms with Gasteiger partial charge in [-0.25, -0.2) is 4.79 Å². The summed E-state index contributed by atoms with van der Waals surface area (Å²) in [6.45, 7) is 5.72. The Kier molecular flexibility index (Phi) is 4.95. The Hall–Kier alpha value is -1.30. The molecule has 0 saturated carbocycles. The van der Waals surface area contributed by atoms with E-state index in [0.717, 1.165) is 0 Å². The normalized spacial score (nSPS) is 19.4. The van der Waals surface area contributed by atoms with Crippen molar-refractivity contribution in [3.63, 3.8) is 0 Å². The molecule has 6 heteroatoms. The van der Waals surface area contributed by atoms with Gasteiger partial charge in [-0.3, -0.25) is 4.79 Å². The van der Waals surface area contributed by atoms with Crippen molar-refractivity contribution in [3.05, 3.63) is 22.4 Å². The van der Waals surface area contributed by atoms with Gasteiger partial charge in [-0.15, -0.1) is 0 Å². The zero-order valence-electron chi connectivity index (χ0n) is 10.5. The Morgan fingerprint density at radius 3 is 2.78 bits per heavy atom. The molecule has 0 aromatic carbocycles. The highest BCUT2D eigenvalue weighted by molar-refractivity contribution is 9.11. The third kappa shape index (κ3) is 4.91. The second-order valence-corrected chi connectivity index (χ2v) is 5.64. The lowest BCUT2D eigenvalue weighted by Crippen LogP contribution is -2.38. The molecule has 1 unspecified atom stereocenters. The quantitative estimate of drug-likeness (QED) is 0.813. The van der Waals surface area contributed by atoms with E-state index in [1.165, 1.54) is 0 Å². The molecule has 1 amide bonds. The lowest BCUT2D eigenvalue weighted by atomic mass is 10.1. The number of hydrogen-bond acceptors (Lipinski definition) is 4. The van der Waals surface area contributed by atoms with Gasteiger partial charge in [0.1, 0.15) is 11.4 Å². The van der Waals surface area contributed by atoms with Crippen LogP contribution in [0.1, 0.15) is 27.2 Å². The van der Waals surface area contributed by atoms with E-state index < -0.39 is 11.7 Å². The topological polar surface area (TPSA) is 64.6 Å². The number of hydrogen-bond donors (Lipinski definition) is 1. The average Bonchev–Trinajstić information content (AvgIpc) is 2.20. The molecule has 0 aromatic heterocycles. The number of carbonyl (C=O) groups excluding carboxylic acids is 2. The number of amides is 1. The Balaban J connectivity index is 2.59. The first-order chi connectivity index (χ1) is 8.31. The van der Waals surface area contributed by atoms with Crippen LogP contribution in [0.25, 0.3) is 0 Å². The molecule has 0 aliphatic heterocycles. The van der Waals surface area contributed by atoms with Gasteiger partial charge in [0.15, 0.2) is 0 Å². The lowest BCUT2D eigenvalue weighted by Gasteiger charge is -2.23. The van der Waals surface area contributed by atoms with Gasteiger partial charge >= 0.3 is 6.09 Å². The Morgan fingerprint density at radius 1 is 1.56 bits per heavy atom. The van der Waals surface area contributed by atoms with Gasteiger partial charge < -0.3 is 14.8 Å². The van der Waals surface area contributed by atoms with Crippen molar-refractivity contribution in [1.82, 2.24) is 5.32 Å². The minimum Gasteiger partial charge on any atom is -0.444 e. The number of allylic oxidation sites excluding steroid dienone is 1. The van der Waals surface area contributed by atoms with Gasteiger partial charge in [0.2, 0.25) is 0 Å². The predicted octanol–water partition coefficient (Wildman–Crippen LogP) is 2.62. The number of rotatable bonds is 3. The van der Waals surface area contributed by atoms with E-state index in [-0.39, 0.29) is 6.04 Å². The third-order valence-corrected chi connectivity index (χ3v) is 2.73. The van der Waals surface area contributed by atoms with Crippen molar-refractivity contribution in [1.29, 1.82) is 0 Å². The molecule has 100 valence electrons. The summed E-state index contributed by atoms with van der Waals surface area (Å²) < 4.78 is 10.6. The molecule has 18 heavy (non-hydrogen) atoms. The molecule has 1 atom stereocenters. The van der Waals surface area contributed by atoms with E-state index in [1.54, 1.807) is 26.8 Å². The molecular formula is C12H16BrNO4. The van der Waals surface area contributed by atoms with Crippen LogP contribution in [0.15, 0.2) is 22.4 Å². The first-order valence-corrected chi connectivity index (χ1v) is 6.29. The predicted molar refractivity (Wildman–Crippen MR) is 70.0 cm³/mol. The van der Waals surface area contributed by atoms with Gasteiger partial charge in [0.25, 0.3) is 6.47 Å². The molecule has 0 aromatic rings. The molecule has 0 heterocycles. The van der Waals surface area contributed by atoms with Crippen molar-refractivity contribution >= 4 is 28.5 Å². The molecule has 1 rings (SSSR count). The van der Waals surface area contributed by atoms with Crippen LogP contribution in [0, 0.1) is 0 Å². The van der Waals surface area contributed by atoms with Crippen LogP contribution in [0.3, 0.4) is 0 Å². The van der Waals surface area contributed by atoms with E-state index in [2.05, 4.69) is 21.2 Å². The fourth-order valence-electron chi connectivity index (χ4n) is 1.37. The average molecular weight is 318 g/mol. The molecule has 5 nitrogen and oxygen atoms in total. The molecule has 1 aliphatic rings. The highest BCUT2D eigenvalue weighted by atomic mass is 79.9. The van der Waals surface area contributed by atoms with E-state index in [9.17, 15) is 9.59 Å². The monoisotopic (exact) mass is 317 g/mol. The largest absolute Gasteiger partial charge is 0.444 e. The fourth-order valence-corrected chi connectivity index (χ4v) is 1.78. The summed E-state index contributed by atoms with van der Waals surface area (Å²) in [4.78, 5) is 21.9. The minimum atomic E-state index is -0.541. The van der Waals surface area contributed by atoms with Gasteiger partial charge in [-0.2, -0.15) is 0 Å². The SMILES string of the molecule is CC(C)(C)OC(=O)NC1C=C(OC=O)C(Br)=CC1. The first-order valence-electron chi connectivity index (χ1n) is 5.49. The summed E-state index contributed by atoms with van der Waals surface area (Å²) >= 11 is 3.26. The van der Waals surface area contributed by atoms with E-state index in [0.29, 0.717) is 23.1 Å². The van der Waals surface area contributed by atoms with Gasteiger partial charge in [-0.1, -0.05) is 6.08 Å². The van der Waals surface area contributed by atoms with Crippen LogP contribution in [0.4, 0.5) is 4.79 Å². The highest BCUT2D eigenvalue weighted by Gasteiger charge is 2.21. The maximum Gasteiger partial charge on any atom is 0.408 e. The zero-order valence-corrected chi connectivity index (χ0v) is 12.1. The van der Waals surface area contributed by atoms with Crippen LogP contribution in [-0.2, 0) is 14.3 Å². The number of halogens is 1. The summed E-state index contributed by atoms with van der Waals surface area (Å²) in [6, 6.07) is -0.254. The van der Waals surface area contributed by atoms with Crippen LogP contribution in [-0.4, -0.2) is 24.2 Å². The van der Waals surface area contributed by atoms with E-state index in [4.69, 9.17) is 9.47 Å². The number of alkyl carbamates (subject to hydrolysis) is 1. The Labute approximate surface area is 114 Å². The molecular weight excluding hydrogens is 302 g/mol. The van der Waals surface area contributed by atoms with Crippen LogP contribution in [0.2, 0.25) is 0 Å². The van der Waals surface area contributed by atoms with Gasteiger partial charge in [0, 0.05) is 0 Å². The highest BCUT2D eigenvalue weighted by Crippen LogP contribution is 2.24. The van der Waals surface area contributed by atoms with Crippen LogP contribution >= 0.6 is 15.9 Å². The minimum absolute atomic E-state index is 0.254. The summed E-state index contributed by atoms with van der Waals surface area (Å²) in [5.41, 5.74) is -0.541. The van der Waals surface area contributed by atoms with E-state index >= 15 is 0 Å². The summed E-state index contributed by atoms with van der Waals surface area (Å²) in [5.74, 6) is 0.386. The summed E-state index contributed by atoms with van der Waals surface area (Å²) in [6.07, 6.45) is 3.58. The number of carbonyl (C=O) groups is 2. The first kappa shape index (κ1) is 14.8. The summed E-state index contributed by atoms with van der Waals surface area (Å²) in [7, 11) is 0.